The first-order valence-corrected chi connectivity index (χ1v) is 5.86. The molecule has 2 N–H and O–H groups in total. The number of hydrogen-bond donors (Lipinski definition) is 2. The predicted octanol–water partition coefficient (Wildman–Crippen LogP) is 0.818. The Morgan fingerprint density at radius 3 is 3.06 bits per heavy atom. The summed E-state index contributed by atoms with van der Waals surface area (Å²) in [4.78, 5) is 15.3. The molecule has 0 unspecified atom stereocenters. The normalized spacial score (nSPS) is 10.9. The van der Waals surface area contributed by atoms with Crippen LogP contribution in [-0.4, -0.2) is 53.4 Å². The van der Waals surface area contributed by atoms with Crippen LogP contribution in [0.2, 0.25) is 0 Å². The first-order valence-electron chi connectivity index (χ1n) is 5.86. The van der Waals surface area contributed by atoms with Gasteiger partial charge in [0.25, 0.3) is 0 Å². The standard InChI is InChI=1S/C11H17N5O2/c1-17-5-6-18-4-2-3-12-10-9-11(14-7-13-9)16-8-15-10/h7-8H,2-6H2,1H3,(H2,12,13,14,15,16). The van der Waals surface area contributed by atoms with Gasteiger partial charge < -0.3 is 19.8 Å². The van der Waals surface area contributed by atoms with Crippen molar-refractivity contribution < 1.29 is 9.47 Å². The molecule has 0 aromatic carbocycles. The fraction of sp³-hybridized carbons (Fsp3) is 0.545. The van der Waals surface area contributed by atoms with E-state index < -0.39 is 0 Å². The molecule has 0 radical (unpaired) electrons. The zero-order chi connectivity index (χ0) is 12.6. The summed E-state index contributed by atoms with van der Waals surface area (Å²) >= 11 is 0. The average Bonchev–Trinajstić information content (AvgIpc) is 2.86. The first kappa shape index (κ1) is 12.7. The minimum absolute atomic E-state index is 0.633. The Kier molecular flexibility index (Phi) is 4.86. The third kappa shape index (κ3) is 3.38. The molecular weight excluding hydrogens is 234 g/mol. The number of anilines is 1. The molecule has 2 heterocycles. The maximum absolute atomic E-state index is 5.37. The number of fused-ring (bicyclic) bond motifs is 1. The molecule has 98 valence electrons. The first-order chi connectivity index (χ1) is 8.92. The van der Waals surface area contributed by atoms with Gasteiger partial charge in [0.2, 0.25) is 0 Å². The SMILES string of the molecule is COCCOCCCNc1ncnc2nc[nH]c12. The summed E-state index contributed by atoms with van der Waals surface area (Å²) in [6, 6.07) is 0. The molecule has 0 saturated carbocycles. The Balaban J connectivity index is 1.72. The van der Waals surface area contributed by atoms with E-state index in [-0.39, 0.29) is 0 Å². The Morgan fingerprint density at radius 2 is 2.17 bits per heavy atom. The number of aromatic amines is 1. The average molecular weight is 251 g/mol. The molecule has 0 fully saturated rings. The highest BCUT2D eigenvalue weighted by atomic mass is 16.5. The number of methoxy groups -OCH3 is 1. The second-order valence-electron chi connectivity index (χ2n) is 3.71. The van der Waals surface area contributed by atoms with Crippen molar-refractivity contribution >= 4 is 17.0 Å². The van der Waals surface area contributed by atoms with Gasteiger partial charge in [0.05, 0.1) is 19.5 Å². The van der Waals surface area contributed by atoms with Gasteiger partial charge in [-0.05, 0) is 6.42 Å². The molecule has 0 aliphatic carbocycles. The van der Waals surface area contributed by atoms with Gasteiger partial charge in [0, 0.05) is 20.3 Å². The van der Waals surface area contributed by atoms with E-state index in [4.69, 9.17) is 9.47 Å². The van der Waals surface area contributed by atoms with E-state index in [0.717, 1.165) is 24.3 Å². The highest BCUT2D eigenvalue weighted by molar-refractivity contribution is 5.81. The maximum atomic E-state index is 5.37. The smallest absolute Gasteiger partial charge is 0.182 e. The molecule has 2 aromatic rings. The highest BCUT2D eigenvalue weighted by Crippen LogP contribution is 2.13. The molecule has 2 aromatic heterocycles. The van der Waals surface area contributed by atoms with Gasteiger partial charge in [-0.3, -0.25) is 0 Å². The van der Waals surface area contributed by atoms with Gasteiger partial charge in [0.15, 0.2) is 11.5 Å². The lowest BCUT2D eigenvalue weighted by Gasteiger charge is -2.06. The molecule has 0 saturated heterocycles. The fourth-order valence-corrected chi connectivity index (χ4v) is 1.52. The number of ether oxygens (including phenoxy) is 2. The Hall–Kier alpha value is -1.73. The largest absolute Gasteiger partial charge is 0.382 e. The summed E-state index contributed by atoms with van der Waals surface area (Å²) in [6.45, 7) is 2.76. The van der Waals surface area contributed by atoms with E-state index >= 15 is 0 Å². The lowest BCUT2D eigenvalue weighted by atomic mass is 10.4. The van der Waals surface area contributed by atoms with Crippen LogP contribution in [0.25, 0.3) is 11.2 Å². The number of nitrogens with one attached hydrogen (secondary N) is 2. The van der Waals surface area contributed by atoms with E-state index in [1.807, 2.05) is 0 Å². The Bertz CT molecular complexity index is 473. The Labute approximate surface area is 105 Å². The molecular formula is C11H17N5O2. The van der Waals surface area contributed by atoms with E-state index in [2.05, 4.69) is 25.3 Å². The van der Waals surface area contributed by atoms with Gasteiger partial charge in [-0.2, -0.15) is 0 Å². The van der Waals surface area contributed by atoms with Gasteiger partial charge >= 0.3 is 0 Å². The van der Waals surface area contributed by atoms with Crippen molar-refractivity contribution in [3.63, 3.8) is 0 Å². The summed E-state index contributed by atoms with van der Waals surface area (Å²) in [5.41, 5.74) is 1.50. The number of aromatic nitrogens is 4. The summed E-state index contributed by atoms with van der Waals surface area (Å²) < 4.78 is 10.3. The van der Waals surface area contributed by atoms with Crippen LogP contribution in [0.15, 0.2) is 12.7 Å². The van der Waals surface area contributed by atoms with Crippen LogP contribution in [0.4, 0.5) is 5.82 Å². The summed E-state index contributed by atoms with van der Waals surface area (Å²) in [6.07, 6.45) is 4.02. The second kappa shape index (κ2) is 6.87. The molecule has 0 aliphatic heterocycles. The van der Waals surface area contributed by atoms with Crippen molar-refractivity contribution in [2.24, 2.45) is 0 Å². The van der Waals surface area contributed by atoms with Crippen molar-refractivity contribution in [1.29, 1.82) is 0 Å². The van der Waals surface area contributed by atoms with Gasteiger partial charge in [-0.15, -0.1) is 0 Å². The lowest BCUT2D eigenvalue weighted by molar-refractivity contribution is 0.0705. The van der Waals surface area contributed by atoms with Gasteiger partial charge in [-0.1, -0.05) is 0 Å². The quantitative estimate of drug-likeness (QED) is 0.676. The minimum atomic E-state index is 0.633. The summed E-state index contributed by atoms with van der Waals surface area (Å²) in [7, 11) is 1.66. The van der Waals surface area contributed by atoms with Crippen molar-refractivity contribution in [3.05, 3.63) is 12.7 Å². The van der Waals surface area contributed by atoms with Crippen LogP contribution < -0.4 is 5.32 Å². The third-order valence-electron chi connectivity index (χ3n) is 2.41. The van der Waals surface area contributed by atoms with Crippen molar-refractivity contribution in [2.45, 2.75) is 6.42 Å². The van der Waals surface area contributed by atoms with Crippen molar-refractivity contribution in [3.8, 4) is 0 Å². The molecule has 0 aliphatic rings. The van der Waals surface area contributed by atoms with Crippen LogP contribution in [0.1, 0.15) is 6.42 Å². The monoisotopic (exact) mass is 251 g/mol. The van der Waals surface area contributed by atoms with E-state index in [0.29, 0.717) is 25.5 Å². The predicted molar refractivity (Wildman–Crippen MR) is 67.5 cm³/mol. The number of rotatable bonds is 8. The molecule has 18 heavy (non-hydrogen) atoms. The summed E-state index contributed by atoms with van der Waals surface area (Å²) in [5, 5.41) is 3.23. The topological polar surface area (TPSA) is 84.9 Å². The fourth-order valence-electron chi connectivity index (χ4n) is 1.52. The zero-order valence-electron chi connectivity index (χ0n) is 10.3. The van der Waals surface area contributed by atoms with E-state index in [9.17, 15) is 0 Å². The molecule has 7 heteroatoms. The second-order valence-corrected chi connectivity index (χ2v) is 3.71. The van der Waals surface area contributed by atoms with Gasteiger partial charge in [0.1, 0.15) is 11.8 Å². The van der Waals surface area contributed by atoms with E-state index in [1.54, 1.807) is 13.4 Å². The third-order valence-corrected chi connectivity index (χ3v) is 2.41. The number of imidazole rings is 1. The number of hydrogen-bond acceptors (Lipinski definition) is 6. The maximum Gasteiger partial charge on any atom is 0.182 e. The Morgan fingerprint density at radius 1 is 1.22 bits per heavy atom. The molecule has 0 spiro atoms. The molecule has 0 atom stereocenters. The number of H-pyrrole nitrogens is 1. The van der Waals surface area contributed by atoms with E-state index in [1.165, 1.54) is 6.33 Å². The van der Waals surface area contributed by atoms with Crippen LogP contribution in [0.5, 0.6) is 0 Å². The zero-order valence-corrected chi connectivity index (χ0v) is 10.3. The van der Waals surface area contributed by atoms with Crippen molar-refractivity contribution in [1.82, 2.24) is 19.9 Å². The van der Waals surface area contributed by atoms with Crippen LogP contribution in [0, 0.1) is 0 Å². The lowest BCUT2D eigenvalue weighted by Crippen LogP contribution is -2.09. The van der Waals surface area contributed by atoms with Crippen LogP contribution in [0.3, 0.4) is 0 Å². The molecule has 7 nitrogen and oxygen atoms in total. The van der Waals surface area contributed by atoms with Crippen LogP contribution in [-0.2, 0) is 9.47 Å². The van der Waals surface area contributed by atoms with Crippen molar-refractivity contribution in [2.75, 3.05) is 38.8 Å². The van der Waals surface area contributed by atoms with Gasteiger partial charge in [-0.25, -0.2) is 15.0 Å². The highest BCUT2D eigenvalue weighted by Gasteiger charge is 2.04. The number of nitrogens with zero attached hydrogens (tertiary/aromatic N) is 3. The molecule has 0 bridgehead atoms. The molecule has 2 rings (SSSR count). The minimum Gasteiger partial charge on any atom is -0.382 e. The summed E-state index contributed by atoms with van der Waals surface area (Å²) in [5.74, 6) is 0.773. The van der Waals surface area contributed by atoms with Crippen LogP contribution >= 0.6 is 0 Å². The molecule has 0 amide bonds.